The first-order chi connectivity index (χ1) is 9.92. The molecule has 2 unspecified atom stereocenters. The Bertz CT molecular complexity index is 594. The van der Waals surface area contributed by atoms with Crippen LogP contribution in [0.2, 0.25) is 5.15 Å². The second-order valence-corrected chi connectivity index (χ2v) is 5.11. The maximum atomic E-state index is 13.6. The number of carbonyl (C=O) groups is 2. The number of nitrogens with zero attached hydrogens (tertiary/aromatic N) is 2. The summed E-state index contributed by atoms with van der Waals surface area (Å²) in [5, 5.41) is -0.290. The number of halogens is 2. The summed E-state index contributed by atoms with van der Waals surface area (Å²) in [6.45, 7) is 5.96. The molecule has 1 aromatic heterocycles. The van der Waals surface area contributed by atoms with Gasteiger partial charge in [0.25, 0.3) is 0 Å². The molecule has 5 nitrogen and oxygen atoms in total. The van der Waals surface area contributed by atoms with Crippen molar-refractivity contribution in [1.29, 1.82) is 0 Å². The van der Waals surface area contributed by atoms with Gasteiger partial charge >= 0.3 is 5.97 Å². The highest BCUT2D eigenvalue weighted by atomic mass is 35.5. The van der Waals surface area contributed by atoms with Crippen molar-refractivity contribution in [3.63, 3.8) is 0 Å². The average molecular weight is 315 g/mol. The van der Waals surface area contributed by atoms with Crippen molar-refractivity contribution in [2.45, 2.75) is 26.8 Å². The zero-order chi connectivity index (χ0) is 15.7. The number of hydrogen-bond donors (Lipinski definition) is 0. The fraction of sp³-hybridized carbons (Fsp3) is 0.500. The predicted octanol–water partition coefficient (Wildman–Crippen LogP) is 2.46. The van der Waals surface area contributed by atoms with E-state index < -0.39 is 29.5 Å². The molecule has 1 aromatic rings. The molecule has 1 aliphatic heterocycles. The first-order valence-electron chi connectivity index (χ1n) is 6.75. The van der Waals surface area contributed by atoms with E-state index in [0.29, 0.717) is 12.4 Å². The number of rotatable bonds is 3. The van der Waals surface area contributed by atoms with Crippen LogP contribution in [0.3, 0.4) is 0 Å². The Morgan fingerprint density at radius 2 is 2.19 bits per heavy atom. The number of fused-ring (bicyclic) bond motifs is 1. The number of hydrogen-bond acceptors (Lipinski definition) is 5. The van der Waals surface area contributed by atoms with Crippen molar-refractivity contribution in [3.05, 3.63) is 22.6 Å². The second-order valence-electron chi connectivity index (χ2n) is 4.75. The summed E-state index contributed by atoms with van der Waals surface area (Å²) in [6.07, 6.45) is 0. The van der Waals surface area contributed by atoms with Crippen molar-refractivity contribution >= 4 is 29.2 Å². The molecule has 1 aliphatic rings. The third kappa shape index (κ3) is 2.60. The van der Waals surface area contributed by atoms with E-state index in [4.69, 9.17) is 16.3 Å². The normalized spacial score (nSPS) is 21.2. The molecule has 0 fully saturated rings. The molecule has 0 spiro atoms. The number of anilines is 1. The first kappa shape index (κ1) is 15.7. The van der Waals surface area contributed by atoms with Crippen LogP contribution in [0.25, 0.3) is 0 Å². The van der Waals surface area contributed by atoms with Crippen molar-refractivity contribution in [3.8, 4) is 0 Å². The molecule has 0 amide bonds. The van der Waals surface area contributed by atoms with Crippen LogP contribution in [0.4, 0.5) is 10.2 Å². The van der Waals surface area contributed by atoms with Crippen LogP contribution in [0.15, 0.2) is 6.07 Å². The van der Waals surface area contributed by atoms with Gasteiger partial charge in [-0.25, -0.2) is 9.37 Å². The lowest BCUT2D eigenvalue weighted by molar-refractivity contribution is -0.146. The molecule has 114 valence electrons. The number of pyridine rings is 1. The third-order valence-corrected chi connectivity index (χ3v) is 3.85. The van der Waals surface area contributed by atoms with E-state index in [0.717, 1.165) is 6.07 Å². The van der Waals surface area contributed by atoms with Crippen LogP contribution < -0.4 is 4.90 Å². The molecule has 0 N–H and O–H groups in total. The van der Waals surface area contributed by atoms with Crippen LogP contribution in [-0.2, 0) is 9.53 Å². The SMILES string of the molecule is CCOC(=O)C1C(=O)c2cc(F)c(Cl)nc2N(CC)C1C. The number of esters is 1. The van der Waals surface area contributed by atoms with E-state index in [9.17, 15) is 14.0 Å². The molecule has 0 aromatic carbocycles. The Balaban J connectivity index is 2.55. The minimum Gasteiger partial charge on any atom is -0.465 e. The fourth-order valence-electron chi connectivity index (χ4n) is 2.59. The number of aromatic nitrogens is 1. The summed E-state index contributed by atoms with van der Waals surface area (Å²) in [5.74, 6) is -2.54. The van der Waals surface area contributed by atoms with Crippen molar-refractivity contribution in [2.24, 2.45) is 5.92 Å². The molecule has 2 rings (SSSR count). The highest BCUT2D eigenvalue weighted by molar-refractivity contribution is 6.30. The van der Waals surface area contributed by atoms with Gasteiger partial charge in [-0.1, -0.05) is 11.6 Å². The van der Waals surface area contributed by atoms with Gasteiger partial charge in [-0.05, 0) is 26.8 Å². The summed E-state index contributed by atoms with van der Waals surface area (Å²) in [6, 6.07) is 0.608. The molecule has 0 aliphatic carbocycles. The summed E-state index contributed by atoms with van der Waals surface area (Å²) in [7, 11) is 0. The number of carbonyl (C=O) groups excluding carboxylic acids is 2. The van der Waals surface area contributed by atoms with E-state index in [1.807, 2.05) is 6.92 Å². The maximum absolute atomic E-state index is 13.6. The minimum absolute atomic E-state index is 0.0647. The highest BCUT2D eigenvalue weighted by Gasteiger charge is 2.43. The monoisotopic (exact) mass is 314 g/mol. The maximum Gasteiger partial charge on any atom is 0.318 e. The Hall–Kier alpha value is -1.69. The Morgan fingerprint density at radius 1 is 1.52 bits per heavy atom. The van der Waals surface area contributed by atoms with E-state index in [1.165, 1.54) is 0 Å². The molecule has 0 saturated heterocycles. The van der Waals surface area contributed by atoms with Gasteiger partial charge < -0.3 is 9.64 Å². The van der Waals surface area contributed by atoms with E-state index in [1.54, 1.807) is 18.7 Å². The van der Waals surface area contributed by atoms with Crippen LogP contribution >= 0.6 is 11.6 Å². The van der Waals surface area contributed by atoms with E-state index in [-0.39, 0.29) is 17.3 Å². The second kappa shape index (κ2) is 5.97. The molecular formula is C14H16ClFN2O3. The lowest BCUT2D eigenvalue weighted by atomic mass is 9.86. The van der Waals surface area contributed by atoms with Crippen molar-refractivity contribution in [2.75, 3.05) is 18.1 Å². The summed E-state index contributed by atoms with van der Waals surface area (Å²) < 4.78 is 18.6. The van der Waals surface area contributed by atoms with Gasteiger partial charge in [0.15, 0.2) is 16.8 Å². The van der Waals surface area contributed by atoms with Crippen LogP contribution in [0, 0.1) is 11.7 Å². The zero-order valence-electron chi connectivity index (χ0n) is 12.0. The summed E-state index contributed by atoms with van der Waals surface area (Å²) in [5.41, 5.74) is 0.0647. The van der Waals surface area contributed by atoms with Gasteiger partial charge in [0.2, 0.25) is 0 Å². The molecular weight excluding hydrogens is 299 g/mol. The topological polar surface area (TPSA) is 59.5 Å². The minimum atomic E-state index is -0.986. The molecule has 7 heteroatoms. The third-order valence-electron chi connectivity index (χ3n) is 3.59. The number of Topliss-reactive ketones (excluding diaryl/α,β-unsaturated/α-hetero) is 1. The molecule has 2 atom stereocenters. The van der Waals surface area contributed by atoms with Crippen LogP contribution in [0.5, 0.6) is 0 Å². The average Bonchev–Trinajstić information content (AvgIpc) is 2.42. The van der Waals surface area contributed by atoms with Gasteiger partial charge in [0.05, 0.1) is 12.2 Å². The van der Waals surface area contributed by atoms with E-state index >= 15 is 0 Å². The standard InChI is InChI=1S/C14H16ClFN2O3/c1-4-18-7(3)10(14(20)21-5-2)11(19)8-6-9(16)12(15)17-13(8)18/h6-7,10H,4-5H2,1-3H3. The fourth-order valence-corrected chi connectivity index (χ4v) is 2.73. The van der Waals surface area contributed by atoms with E-state index in [2.05, 4.69) is 4.98 Å². The lowest BCUT2D eigenvalue weighted by Crippen LogP contribution is -2.50. The smallest absolute Gasteiger partial charge is 0.318 e. The molecule has 0 bridgehead atoms. The first-order valence-corrected chi connectivity index (χ1v) is 7.13. The zero-order valence-corrected chi connectivity index (χ0v) is 12.8. The highest BCUT2D eigenvalue weighted by Crippen LogP contribution is 2.34. The van der Waals surface area contributed by atoms with Crippen molar-refractivity contribution in [1.82, 2.24) is 4.98 Å². The van der Waals surface area contributed by atoms with Gasteiger partial charge in [0, 0.05) is 12.6 Å². The molecule has 0 saturated carbocycles. The number of ether oxygens (including phenoxy) is 1. The lowest BCUT2D eigenvalue weighted by Gasteiger charge is -2.38. The van der Waals surface area contributed by atoms with Gasteiger partial charge in [0.1, 0.15) is 11.7 Å². The Kier molecular flexibility index (Phi) is 4.46. The van der Waals surface area contributed by atoms with Gasteiger partial charge in [-0.2, -0.15) is 0 Å². The van der Waals surface area contributed by atoms with Gasteiger partial charge in [-0.3, -0.25) is 9.59 Å². The summed E-state index contributed by atoms with van der Waals surface area (Å²) >= 11 is 5.70. The van der Waals surface area contributed by atoms with Gasteiger partial charge in [-0.15, -0.1) is 0 Å². The quantitative estimate of drug-likeness (QED) is 0.487. The molecule has 2 heterocycles. The Labute approximate surface area is 127 Å². The number of ketones is 1. The Morgan fingerprint density at radius 3 is 2.76 bits per heavy atom. The summed E-state index contributed by atoms with van der Waals surface area (Å²) in [4.78, 5) is 30.2. The van der Waals surface area contributed by atoms with Crippen molar-refractivity contribution < 1.29 is 18.7 Å². The molecule has 0 radical (unpaired) electrons. The largest absolute Gasteiger partial charge is 0.465 e. The molecule has 21 heavy (non-hydrogen) atoms. The van der Waals surface area contributed by atoms with Crippen LogP contribution in [0.1, 0.15) is 31.1 Å². The predicted molar refractivity (Wildman–Crippen MR) is 76.1 cm³/mol. The van der Waals surface area contributed by atoms with Crippen LogP contribution in [-0.4, -0.2) is 35.9 Å².